The van der Waals surface area contributed by atoms with Gasteiger partial charge in [-0.15, -0.1) is 0 Å². The highest BCUT2D eigenvalue weighted by Gasteiger charge is 2.20. The Morgan fingerprint density at radius 1 is 1.06 bits per heavy atom. The van der Waals surface area contributed by atoms with Crippen LogP contribution in [0.3, 0.4) is 0 Å². The van der Waals surface area contributed by atoms with Crippen LogP contribution in [0.4, 0.5) is 10.5 Å². The summed E-state index contributed by atoms with van der Waals surface area (Å²) in [4.78, 5) is 36.1. The second-order valence-corrected chi connectivity index (χ2v) is 7.65. The van der Waals surface area contributed by atoms with E-state index in [4.69, 9.17) is 0 Å². The molecule has 3 aromatic rings. The van der Waals surface area contributed by atoms with Crippen LogP contribution in [0.2, 0.25) is 0 Å². The maximum absolute atomic E-state index is 12.5. The molecule has 1 heterocycles. The molecular weight excluding hydrogens is 410 g/mol. The van der Waals surface area contributed by atoms with Crippen LogP contribution in [0.15, 0.2) is 65.6 Å². The number of amides is 2. The van der Waals surface area contributed by atoms with Gasteiger partial charge in [0.15, 0.2) is 5.69 Å². The van der Waals surface area contributed by atoms with Crippen LogP contribution in [-0.2, 0) is 18.3 Å². The van der Waals surface area contributed by atoms with Gasteiger partial charge < -0.3 is 25.4 Å². The van der Waals surface area contributed by atoms with Crippen molar-refractivity contribution in [2.75, 3.05) is 5.32 Å². The van der Waals surface area contributed by atoms with Crippen molar-refractivity contribution in [3.05, 3.63) is 93.4 Å². The van der Waals surface area contributed by atoms with E-state index >= 15 is 0 Å². The van der Waals surface area contributed by atoms with Crippen LogP contribution in [0.1, 0.15) is 34.7 Å². The van der Waals surface area contributed by atoms with Gasteiger partial charge in [-0.25, -0.2) is 4.79 Å². The standard InChI is InChI=1S/C24H25N3O5/c1-15-6-8-16(9-7-15)12-17-4-3-5-18(13-17)19(14-21(29)30)25-24(32)26-22-20(28)10-11-27(2)23(22)31/h3-11,13,19,28H,12,14H2,1-2H3,(H,29,30)(H2,25,26,32)/t19-/m0/s1. The van der Waals surface area contributed by atoms with E-state index in [2.05, 4.69) is 10.6 Å². The van der Waals surface area contributed by atoms with E-state index in [1.54, 1.807) is 6.07 Å². The summed E-state index contributed by atoms with van der Waals surface area (Å²) in [5.74, 6) is -1.46. The predicted molar refractivity (Wildman–Crippen MR) is 121 cm³/mol. The zero-order valence-electron chi connectivity index (χ0n) is 17.8. The van der Waals surface area contributed by atoms with Crippen molar-refractivity contribution in [3.8, 4) is 5.75 Å². The summed E-state index contributed by atoms with van der Waals surface area (Å²) in [5, 5.41) is 24.2. The highest BCUT2D eigenvalue weighted by molar-refractivity contribution is 5.91. The van der Waals surface area contributed by atoms with Gasteiger partial charge in [0, 0.05) is 13.2 Å². The second-order valence-electron chi connectivity index (χ2n) is 7.65. The largest absolute Gasteiger partial charge is 0.505 e. The summed E-state index contributed by atoms with van der Waals surface area (Å²) in [6.45, 7) is 2.02. The molecule has 0 aliphatic rings. The number of carboxylic acids is 1. The maximum atomic E-state index is 12.5. The Labute approximate surface area is 185 Å². The van der Waals surface area contributed by atoms with E-state index in [1.807, 2.05) is 49.4 Å². The first-order valence-electron chi connectivity index (χ1n) is 10.0. The van der Waals surface area contributed by atoms with Crippen LogP contribution in [0.25, 0.3) is 0 Å². The third-order valence-corrected chi connectivity index (χ3v) is 5.05. The highest BCUT2D eigenvalue weighted by atomic mass is 16.4. The Morgan fingerprint density at radius 3 is 2.47 bits per heavy atom. The van der Waals surface area contributed by atoms with Crippen LogP contribution >= 0.6 is 0 Å². The lowest BCUT2D eigenvalue weighted by molar-refractivity contribution is -0.137. The molecule has 8 nitrogen and oxygen atoms in total. The fraction of sp³-hybridized carbons (Fsp3) is 0.208. The smallest absolute Gasteiger partial charge is 0.319 e. The highest BCUT2D eigenvalue weighted by Crippen LogP contribution is 2.22. The summed E-state index contributed by atoms with van der Waals surface area (Å²) >= 11 is 0. The predicted octanol–water partition coefficient (Wildman–Crippen LogP) is 3.33. The van der Waals surface area contributed by atoms with Gasteiger partial charge in [0.1, 0.15) is 5.75 Å². The van der Waals surface area contributed by atoms with E-state index in [9.17, 15) is 24.6 Å². The molecule has 4 N–H and O–H groups in total. The number of aliphatic carboxylic acids is 1. The van der Waals surface area contributed by atoms with Gasteiger partial charge in [-0.3, -0.25) is 9.59 Å². The minimum Gasteiger partial charge on any atom is -0.505 e. The summed E-state index contributed by atoms with van der Waals surface area (Å²) < 4.78 is 1.21. The van der Waals surface area contributed by atoms with E-state index in [0.29, 0.717) is 12.0 Å². The van der Waals surface area contributed by atoms with Gasteiger partial charge in [0.05, 0.1) is 12.5 Å². The fourth-order valence-corrected chi connectivity index (χ4v) is 3.33. The topological polar surface area (TPSA) is 121 Å². The number of aryl methyl sites for hydroxylation is 2. The van der Waals surface area contributed by atoms with Gasteiger partial charge in [-0.05, 0) is 36.1 Å². The molecule has 1 atom stereocenters. The lowest BCUT2D eigenvalue weighted by Gasteiger charge is -2.19. The van der Waals surface area contributed by atoms with Crippen molar-refractivity contribution in [1.82, 2.24) is 9.88 Å². The van der Waals surface area contributed by atoms with Crippen molar-refractivity contribution in [3.63, 3.8) is 0 Å². The second kappa shape index (κ2) is 9.82. The van der Waals surface area contributed by atoms with Gasteiger partial charge in [0.25, 0.3) is 5.56 Å². The van der Waals surface area contributed by atoms with Crippen LogP contribution in [0.5, 0.6) is 5.75 Å². The Morgan fingerprint density at radius 2 is 1.78 bits per heavy atom. The lowest BCUT2D eigenvalue weighted by Crippen LogP contribution is -2.36. The Bertz CT molecular complexity index is 1180. The molecule has 0 radical (unpaired) electrons. The Hall–Kier alpha value is -4.07. The molecule has 0 aliphatic carbocycles. The first-order chi connectivity index (χ1) is 15.2. The number of rotatable bonds is 7. The molecule has 1 aromatic heterocycles. The molecule has 0 fully saturated rings. The SMILES string of the molecule is Cc1ccc(Cc2cccc([C@H](CC(=O)O)NC(=O)Nc3c(O)ccn(C)c3=O)c2)cc1. The first kappa shape index (κ1) is 22.6. The molecular formula is C24H25N3O5. The third kappa shape index (κ3) is 5.75. The van der Waals surface area contributed by atoms with Crippen molar-refractivity contribution in [2.24, 2.45) is 7.05 Å². The number of hydrogen-bond acceptors (Lipinski definition) is 4. The van der Waals surface area contributed by atoms with Gasteiger partial charge in [-0.2, -0.15) is 0 Å². The van der Waals surface area contributed by atoms with Crippen LogP contribution in [-0.4, -0.2) is 26.8 Å². The molecule has 0 unspecified atom stereocenters. The summed E-state index contributed by atoms with van der Waals surface area (Å²) in [6.07, 6.45) is 1.68. The van der Waals surface area contributed by atoms with Gasteiger partial charge >= 0.3 is 12.0 Å². The molecule has 2 amide bonds. The number of hydrogen-bond donors (Lipinski definition) is 4. The van der Waals surface area contributed by atoms with Crippen molar-refractivity contribution < 1.29 is 19.8 Å². The van der Waals surface area contributed by atoms with E-state index < -0.39 is 23.6 Å². The van der Waals surface area contributed by atoms with E-state index in [0.717, 1.165) is 11.1 Å². The monoisotopic (exact) mass is 435 g/mol. The van der Waals surface area contributed by atoms with Gasteiger partial charge in [-0.1, -0.05) is 54.1 Å². The number of carbonyl (C=O) groups excluding carboxylic acids is 1. The maximum Gasteiger partial charge on any atom is 0.319 e. The number of pyridine rings is 1. The third-order valence-electron chi connectivity index (χ3n) is 5.05. The minimum atomic E-state index is -1.09. The zero-order valence-corrected chi connectivity index (χ0v) is 17.8. The fourth-order valence-electron chi connectivity index (χ4n) is 3.33. The number of nitrogens with zero attached hydrogens (tertiary/aromatic N) is 1. The number of anilines is 1. The summed E-state index contributed by atoms with van der Waals surface area (Å²) in [7, 11) is 1.48. The number of urea groups is 1. The number of carboxylic acid groups (broad SMARTS) is 1. The Balaban J connectivity index is 1.80. The molecule has 166 valence electrons. The molecule has 0 saturated heterocycles. The molecule has 0 aliphatic heterocycles. The summed E-state index contributed by atoms with van der Waals surface area (Å²) in [6, 6.07) is 15.1. The molecule has 2 aromatic carbocycles. The lowest BCUT2D eigenvalue weighted by atomic mass is 9.97. The number of nitrogens with one attached hydrogen (secondary N) is 2. The number of benzene rings is 2. The average Bonchev–Trinajstić information content (AvgIpc) is 2.75. The molecule has 0 spiro atoms. The van der Waals surface area contributed by atoms with Crippen LogP contribution < -0.4 is 16.2 Å². The average molecular weight is 435 g/mol. The van der Waals surface area contributed by atoms with E-state index in [-0.39, 0.29) is 17.9 Å². The van der Waals surface area contributed by atoms with Crippen molar-refractivity contribution in [2.45, 2.75) is 25.8 Å². The Kier molecular flexibility index (Phi) is 6.94. The minimum absolute atomic E-state index is 0.283. The first-order valence-corrected chi connectivity index (χ1v) is 10.0. The number of aromatic hydroxyl groups is 1. The van der Waals surface area contributed by atoms with Gasteiger partial charge in [0.2, 0.25) is 0 Å². The molecule has 3 rings (SSSR count). The van der Waals surface area contributed by atoms with E-state index in [1.165, 1.54) is 29.4 Å². The number of aromatic nitrogens is 1. The van der Waals surface area contributed by atoms with Crippen molar-refractivity contribution >= 4 is 17.7 Å². The molecule has 8 heteroatoms. The van der Waals surface area contributed by atoms with Crippen LogP contribution in [0, 0.1) is 6.92 Å². The quantitative estimate of drug-likeness (QED) is 0.454. The molecule has 32 heavy (non-hydrogen) atoms. The number of carbonyl (C=O) groups is 2. The summed E-state index contributed by atoms with van der Waals surface area (Å²) in [5.41, 5.74) is 3.00. The van der Waals surface area contributed by atoms with Crippen molar-refractivity contribution in [1.29, 1.82) is 0 Å². The zero-order chi connectivity index (χ0) is 23.3. The normalized spacial score (nSPS) is 11.6. The molecule has 0 saturated carbocycles. The molecule has 0 bridgehead atoms.